The Kier molecular flexibility index (Phi) is 4.15. The van der Waals surface area contributed by atoms with Gasteiger partial charge in [0.1, 0.15) is 5.82 Å². The number of fused-ring (bicyclic) bond motifs is 1. The van der Waals surface area contributed by atoms with Crippen molar-refractivity contribution in [1.29, 1.82) is 0 Å². The van der Waals surface area contributed by atoms with Gasteiger partial charge in [0.05, 0.1) is 29.0 Å². The van der Waals surface area contributed by atoms with E-state index >= 15 is 0 Å². The lowest BCUT2D eigenvalue weighted by Crippen LogP contribution is -2.20. The normalized spacial score (nSPS) is 11.5. The summed E-state index contributed by atoms with van der Waals surface area (Å²) in [5.74, 6) is 1.09. The predicted octanol–water partition coefficient (Wildman–Crippen LogP) is 2.79. The Hall–Kier alpha value is -2.27. The van der Waals surface area contributed by atoms with Crippen molar-refractivity contribution in [1.82, 2.24) is 24.4 Å². The fourth-order valence-corrected chi connectivity index (χ4v) is 2.67. The molecule has 0 aliphatic heterocycles. The number of hydrogen-bond acceptors (Lipinski definition) is 4. The fourth-order valence-electron chi connectivity index (χ4n) is 2.67. The minimum Gasteiger partial charge on any atom is -0.327 e. The second-order valence-electron chi connectivity index (χ2n) is 5.58. The fraction of sp³-hybridized carbons (Fsp3) is 0.353. The molecule has 5 nitrogen and oxygen atoms in total. The first kappa shape index (κ1) is 14.7. The molecule has 0 radical (unpaired) electrons. The zero-order valence-corrected chi connectivity index (χ0v) is 13.3. The molecule has 1 aromatic carbocycles. The molecule has 0 fully saturated rings. The van der Waals surface area contributed by atoms with Crippen molar-refractivity contribution < 1.29 is 0 Å². The third-order valence-electron chi connectivity index (χ3n) is 3.73. The van der Waals surface area contributed by atoms with E-state index in [0.29, 0.717) is 0 Å². The zero-order valence-electron chi connectivity index (χ0n) is 13.3. The van der Waals surface area contributed by atoms with Gasteiger partial charge < -0.3 is 4.57 Å². The smallest absolute Gasteiger partial charge is 0.124 e. The number of imidazole rings is 1. The van der Waals surface area contributed by atoms with E-state index in [1.165, 1.54) is 5.52 Å². The highest BCUT2D eigenvalue weighted by Crippen LogP contribution is 2.17. The van der Waals surface area contributed by atoms with Gasteiger partial charge in [-0.05, 0) is 33.0 Å². The predicted molar refractivity (Wildman–Crippen MR) is 87.3 cm³/mol. The second-order valence-corrected chi connectivity index (χ2v) is 5.58. The summed E-state index contributed by atoms with van der Waals surface area (Å²) in [6.07, 6.45) is 3.65. The summed E-state index contributed by atoms with van der Waals surface area (Å²) in [6, 6.07) is 8.29. The molecule has 5 heteroatoms. The highest BCUT2D eigenvalue weighted by Gasteiger charge is 2.11. The van der Waals surface area contributed by atoms with E-state index in [2.05, 4.69) is 51.6 Å². The third kappa shape index (κ3) is 2.99. The van der Waals surface area contributed by atoms with Crippen LogP contribution in [0.3, 0.4) is 0 Å². The molecule has 22 heavy (non-hydrogen) atoms. The van der Waals surface area contributed by atoms with Crippen LogP contribution in [0, 0.1) is 6.92 Å². The number of rotatable bonds is 5. The van der Waals surface area contributed by atoms with Crippen LogP contribution in [0.2, 0.25) is 0 Å². The van der Waals surface area contributed by atoms with Gasteiger partial charge in [-0.1, -0.05) is 12.1 Å². The lowest BCUT2D eigenvalue weighted by atomic mass is 10.3. The molecule has 3 rings (SSSR count). The minimum absolute atomic E-state index is 0.764. The van der Waals surface area contributed by atoms with Gasteiger partial charge in [-0.3, -0.25) is 14.9 Å². The van der Waals surface area contributed by atoms with E-state index in [0.717, 1.165) is 42.4 Å². The molecule has 0 aliphatic carbocycles. The van der Waals surface area contributed by atoms with Crippen LogP contribution in [-0.4, -0.2) is 31.5 Å². The van der Waals surface area contributed by atoms with Crippen molar-refractivity contribution in [3.05, 3.63) is 53.9 Å². The van der Waals surface area contributed by atoms with Gasteiger partial charge in [0.15, 0.2) is 0 Å². The zero-order chi connectivity index (χ0) is 15.5. The first-order valence-electron chi connectivity index (χ1n) is 7.57. The standard InChI is InChI=1S/C17H21N5/c1-4-22-16-8-6-5-7-15(16)20-17(22)12-21(3)11-14-10-18-13(2)9-19-14/h5-10H,4,11-12H2,1-3H3. The molecular formula is C17H21N5. The van der Waals surface area contributed by atoms with E-state index in [1.807, 2.05) is 25.4 Å². The van der Waals surface area contributed by atoms with Crippen molar-refractivity contribution >= 4 is 11.0 Å². The number of hydrogen-bond donors (Lipinski definition) is 0. The molecule has 2 aromatic heterocycles. The molecule has 0 bridgehead atoms. The Morgan fingerprint density at radius 3 is 2.64 bits per heavy atom. The summed E-state index contributed by atoms with van der Waals surface area (Å²) in [5.41, 5.74) is 4.18. The van der Waals surface area contributed by atoms with Crippen LogP contribution in [0.15, 0.2) is 36.7 Å². The maximum Gasteiger partial charge on any atom is 0.124 e. The highest BCUT2D eigenvalue weighted by atomic mass is 15.2. The third-order valence-corrected chi connectivity index (χ3v) is 3.73. The number of aryl methyl sites for hydroxylation is 2. The van der Waals surface area contributed by atoms with Crippen LogP contribution in [0.1, 0.15) is 24.1 Å². The number of benzene rings is 1. The molecule has 3 aromatic rings. The Bertz CT molecular complexity index is 760. The molecule has 0 atom stereocenters. The molecule has 0 aliphatic rings. The van der Waals surface area contributed by atoms with Crippen molar-refractivity contribution in [3.63, 3.8) is 0 Å². The van der Waals surface area contributed by atoms with Gasteiger partial charge >= 0.3 is 0 Å². The molecule has 0 N–H and O–H groups in total. The average molecular weight is 295 g/mol. The number of nitrogens with zero attached hydrogens (tertiary/aromatic N) is 5. The van der Waals surface area contributed by atoms with Crippen LogP contribution >= 0.6 is 0 Å². The quantitative estimate of drug-likeness (QED) is 0.726. The lowest BCUT2D eigenvalue weighted by molar-refractivity contribution is 0.302. The van der Waals surface area contributed by atoms with E-state index in [4.69, 9.17) is 4.98 Å². The first-order chi connectivity index (χ1) is 10.7. The molecule has 0 saturated carbocycles. The van der Waals surface area contributed by atoms with Crippen molar-refractivity contribution in [2.24, 2.45) is 0 Å². The molecule has 2 heterocycles. The van der Waals surface area contributed by atoms with Crippen molar-refractivity contribution in [2.45, 2.75) is 33.5 Å². The van der Waals surface area contributed by atoms with Crippen molar-refractivity contribution in [3.8, 4) is 0 Å². The van der Waals surface area contributed by atoms with Gasteiger partial charge in [-0.15, -0.1) is 0 Å². The molecule has 0 saturated heterocycles. The first-order valence-corrected chi connectivity index (χ1v) is 7.57. The maximum atomic E-state index is 4.76. The van der Waals surface area contributed by atoms with Crippen LogP contribution in [0.25, 0.3) is 11.0 Å². The highest BCUT2D eigenvalue weighted by molar-refractivity contribution is 5.75. The van der Waals surface area contributed by atoms with Gasteiger partial charge in [0.2, 0.25) is 0 Å². The van der Waals surface area contributed by atoms with E-state index in [-0.39, 0.29) is 0 Å². The van der Waals surface area contributed by atoms with Gasteiger partial charge in [0, 0.05) is 25.5 Å². The number of aromatic nitrogens is 4. The summed E-state index contributed by atoms with van der Waals surface area (Å²) in [5, 5.41) is 0. The molecule has 114 valence electrons. The van der Waals surface area contributed by atoms with E-state index in [9.17, 15) is 0 Å². The summed E-state index contributed by atoms with van der Waals surface area (Å²) in [7, 11) is 2.08. The van der Waals surface area contributed by atoms with Crippen LogP contribution < -0.4 is 0 Å². The lowest BCUT2D eigenvalue weighted by Gasteiger charge is -2.16. The Morgan fingerprint density at radius 2 is 1.91 bits per heavy atom. The molecule has 0 amide bonds. The monoisotopic (exact) mass is 295 g/mol. The Balaban J connectivity index is 1.78. The van der Waals surface area contributed by atoms with Gasteiger partial charge in [-0.2, -0.15) is 0 Å². The molecule has 0 unspecified atom stereocenters. The van der Waals surface area contributed by atoms with E-state index < -0.39 is 0 Å². The summed E-state index contributed by atoms with van der Waals surface area (Å²) < 4.78 is 2.27. The Labute approximate surface area is 130 Å². The minimum atomic E-state index is 0.764. The van der Waals surface area contributed by atoms with Crippen LogP contribution in [-0.2, 0) is 19.6 Å². The summed E-state index contributed by atoms with van der Waals surface area (Å²) in [4.78, 5) is 15.7. The van der Waals surface area contributed by atoms with Crippen molar-refractivity contribution in [2.75, 3.05) is 7.05 Å². The average Bonchev–Trinajstić information content (AvgIpc) is 2.86. The number of para-hydroxylation sites is 2. The van der Waals surface area contributed by atoms with Crippen LogP contribution in [0.5, 0.6) is 0 Å². The SMILES string of the molecule is CCn1c(CN(C)Cc2cnc(C)cn2)nc2ccccc21. The Morgan fingerprint density at radius 1 is 1.09 bits per heavy atom. The maximum absolute atomic E-state index is 4.76. The largest absolute Gasteiger partial charge is 0.327 e. The van der Waals surface area contributed by atoms with E-state index in [1.54, 1.807) is 0 Å². The second kappa shape index (κ2) is 6.23. The summed E-state index contributed by atoms with van der Waals surface area (Å²) in [6.45, 7) is 6.58. The van der Waals surface area contributed by atoms with Gasteiger partial charge in [0.25, 0.3) is 0 Å². The van der Waals surface area contributed by atoms with Gasteiger partial charge in [-0.25, -0.2) is 4.98 Å². The van der Waals surface area contributed by atoms with Crippen LogP contribution in [0.4, 0.5) is 0 Å². The summed E-state index contributed by atoms with van der Waals surface area (Å²) >= 11 is 0. The molecular weight excluding hydrogens is 274 g/mol. The topological polar surface area (TPSA) is 46.8 Å². The molecule has 0 spiro atoms.